The monoisotopic (exact) mass is 223 g/mol. The number of pyridine rings is 1. The van der Waals surface area contributed by atoms with Crippen LogP contribution in [0.5, 0.6) is 11.6 Å². The number of aromatic nitrogens is 1. The van der Waals surface area contributed by atoms with E-state index < -0.39 is 18.0 Å². The van der Waals surface area contributed by atoms with Gasteiger partial charge in [-0.3, -0.25) is 0 Å². The van der Waals surface area contributed by atoms with E-state index in [1.807, 2.05) is 0 Å². The Labute approximate surface area is 82.5 Å². The summed E-state index contributed by atoms with van der Waals surface area (Å²) in [4.78, 5) is 3.24. The Morgan fingerprint density at radius 2 is 2.07 bits per heavy atom. The molecular formula is C7H8F3N3O2. The minimum Gasteiger partial charge on any atom is -0.504 e. The summed E-state index contributed by atoms with van der Waals surface area (Å²) in [5.74, 6) is -1.19. The minimum absolute atomic E-state index is 0.188. The highest BCUT2D eigenvalue weighted by Crippen LogP contribution is 2.32. The zero-order valence-electron chi connectivity index (χ0n) is 7.38. The summed E-state index contributed by atoms with van der Waals surface area (Å²) in [5.41, 5.74) is 10.00. The summed E-state index contributed by atoms with van der Waals surface area (Å²) in [5, 5.41) is 9.07. The molecule has 0 radical (unpaired) electrons. The molecule has 1 rings (SSSR count). The molecule has 0 unspecified atom stereocenters. The van der Waals surface area contributed by atoms with E-state index in [4.69, 9.17) is 16.6 Å². The topological polar surface area (TPSA) is 94.4 Å². The van der Waals surface area contributed by atoms with Gasteiger partial charge in [-0.25, -0.2) is 4.98 Å². The Morgan fingerprint density at radius 3 is 2.53 bits per heavy atom. The average Bonchev–Trinajstić information content (AvgIpc) is 2.10. The SMILES string of the molecule is NCc1c(OC(F)(F)F)ncc(O)c1N. The predicted molar refractivity (Wildman–Crippen MR) is 44.9 cm³/mol. The molecule has 0 atom stereocenters. The predicted octanol–water partition coefficient (Wildman–Crippen LogP) is 0.727. The van der Waals surface area contributed by atoms with Gasteiger partial charge >= 0.3 is 6.36 Å². The molecule has 0 fully saturated rings. The number of halogens is 3. The summed E-state index contributed by atoms with van der Waals surface area (Å²) in [6.07, 6.45) is -4.12. The van der Waals surface area contributed by atoms with E-state index in [9.17, 15) is 13.2 Å². The van der Waals surface area contributed by atoms with Crippen molar-refractivity contribution in [3.8, 4) is 11.6 Å². The Bertz CT molecular complexity index is 367. The zero-order valence-corrected chi connectivity index (χ0v) is 7.38. The molecule has 84 valence electrons. The van der Waals surface area contributed by atoms with Crippen molar-refractivity contribution in [2.75, 3.05) is 5.73 Å². The summed E-state index contributed by atoms with van der Waals surface area (Å²) < 4.78 is 39.2. The fourth-order valence-corrected chi connectivity index (χ4v) is 0.932. The summed E-state index contributed by atoms with van der Waals surface area (Å²) >= 11 is 0. The van der Waals surface area contributed by atoms with Gasteiger partial charge < -0.3 is 21.3 Å². The quantitative estimate of drug-likeness (QED) is 0.686. The second kappa shape index (κ2) is 3.81. The number of nitrogens with zero attached hydrogens (tertiary/aromatic N) is 1. The van der Waals surface area contributed by atoms with E-state index in [1.165, 1.54) is 0 Å². The van der Waals surface area contributed by atoms with Crippen molar-refractivity contribution in [1.82, 2.24) is 4.98 Å². The van der Waals surface area contributed by atoms with Crippen LogP contribution in [0.15, 0.2) is 6.20 Å². The van der Waals surface area contributed by atoms with Crippen LogP contribution in [0.25, 0.3) is 0 Å². The van der Waals surface area contributed by atoms with Gasteiger partial charge in [0.2, 0.25) is 5.88 Å². The lowest BCUT2D eigenvalue weighted by molar-refractivity contribution is -0.276. The largest absolute Gasteiger partial charge is 0.574 e. The minimum atomic E-state index is -4.87. The number of aromatic hydroxyl groups is 1. The Hall–Kier alpha value is -1.70. The summed E-state index contributed by atoms with van der Waals surface area (Å²) in [6.45, 7) is -0.321. The van der Waals surface area contributed by atoms with E-state index >= 15 is 0 Å². The maximum absolute atomic E-state index is 11.9. The molecule has 0 saturated heterocycles. The van der Waals surface area contributed by atoms with Gasteiger partial charge in [0.25, 0.3) is 0 Å². The van der Waals surface area contributed by atoms with Crippen LogP contribution in [-0.4, -0.2) is 16.5 Å². The highest BCUT2D eigenvalue weighted by Gasteiger charge is 2.33. The van der Waals surface area contributed by atoms with Crippen molar-refractivity contribution in [2.45, 2.75) is 12.9 Å². The molecule has 0 saturated carbocycles. The van der Waals surface area contributed by atoms with E-state index in [0.717, 1.165) is 6.20 Å². The number of ether oxygens (including phenoxy) is 1. The van der Waals surface area contributed by atoms with Gasteiger partial charge in [0.05, 0.1) is 17.4 Å². The molecule has 1 aromatic rings. The standard InChI is InChI=1S/C7H8F3N3O2/c8-7(9,10)15-6-3(1-11)5(12)4(14)2-13-6/h2,14H,1,11H2,(H2,12,13). The molecule has 5 N–H and O–H groups in total. The van der Waals surface area contributed by atoms with Gasteiger partial charge in [-0.15, -0.1) is 13.2 Å². The van der Waals surface area contributed by atoms with Crippen LogP contribution >= 0.6 is 0 Å². The molecule has 1 aromatic heterocycles. The van der Waals surface area contributed by atoms with Gasteiger partial charge in [-0.2, -0.15) is 0 Å². The Morgan fingerprint density at radius 1 is 1.47 bits per heavy atom. The molecule has 8 heteroatoms. The van der Waals surface area contributed by atoms with Gasteiger partial charge in [-0.1, -0.05) is 0 Å². The average molecular weight is 223 g/mol. The maximum atomic E-state index is 11.9. The molecular weight excluding hydrogens is 215 g/mol. The number of hydrogen-bond donors (Lipinski definition) is 3. The third-order valence-corrected chi connectivity index (χ3v) is 1.58. The lowest BCUT2D eigenvalue weighted by Gasteiger charge is -2.13. The van der Waals surface area contributed by atoms with E-state index in [1.54, 1.807) is 0 Å². The Balaban J connectivity index is 3.14. The molecule has 0 aliphatic carbocycles. The van der Waals surface area contributed by atoms with E-state index in [2.05, 4.69) is 9.72 Å². The van der Waals surface area contributed by atoms with Crippen molar-refractivity contribution in [3.05, 3.63) is 11.8 Å². The lowest BCUT2D eigenvalue weighted by Crippen LogP contribution is -2.20. The zero-order chi connectivity index (χ0) is 11.6. The second-order valence-corrected chi connectivity index (χ2v) is 2.59. The normalized spacial score (nSPS) is 11.5. The number of nitrogens with two attached hydrogens (primary N) is 2. The number of rotatable bonds is 2. The highest BCUT2D eigenvalue weighted by molar-refractivity contribution is 5.60. The van der Waals surface area contributed by atoms with Crippen molar-refractivity contribution >= 4 is 5.69 Å². The fraction of sp³-hybridized carbons (Fsp3) is 0.286. The van der Waals surface area contributed by atoms with E-state index in [-0.39, 0.29) is 17.8 Å². The first-order valence-electron chi connectivity index (χ1n) is 3.77. The smallest absolute Gasteiger partial charge is 0.504 e. The fourth-order valence-electron chi connectivity index (χ4n) is 0.932. The lowest BCUT2D eigenvalue weighted by atomic mass is 10.2. The van der Waals surface area contributed by atoms with Crippen LogP contribution in [0.1, 0.15) is 5.56 Å². The van der Waals surface area contributed by atoms with Gasteiger partial charge in [0.15, 0.2) is 5.75 Å². The number of hydrogen-bond acceptors (Lipinski definition) is 5. The molecule has 0 aliphatic heterocycles. The van der Waals surface area contributed by atoms with Crippen LogP contribution in [0.4, 0.5) is 18.9 Å². The molecule has 0 bridgehead atoms. The van der Waals surface area contributed by atoms with Crippen LogP contribution < -0.4 is 16.2 Å². The molecule has 15 heavy (non-hydrogen) atoms. The first-order valence-corrected chi connectivity index (χ1v) is 3.77. The van der Waals surface area contributed by atoms with E-state index in [0.29, 0.717) is 0 Å². The Kier molecular flexibility index (Phi) is 2.89. The van der Waals surface area contributed by atoms with Gasteiger partial charge in [-0.05, 0) is 0 Å². The number of alkyl halides is 3. The third-order valence-electron chi connectivity index (χ3n) is 1.58. The number of nitrogen functional groups attached to an aromatic ring is 1. The van der Waals surface area contributed by atoms with Gasteiger partial charge in [0.1, 0.15) is 0 Å². The maximum Gasteiger partial charge on any atom is 0.574 e. The first kappa shape index (κ1) is 11.4. The van der Waals surface area contributed by atoms with Crippen molar-refractivity contribution in [2.24, 2.45) is 5.73 Å². The van der Waals surface area contributed by atoms with Crippen LogP contribution in [0.2, 0.25) is 0 Å². The summed E-state index contributed by atoms with van der Waals surface area (Å²) in [6, 6.07) is 0. The van der Waals surface area contributed by atoms with Crippen LogP contribution in [0.3, 0.4) is 0 Å². The third kappa shape index (κ3) is 2.62. The summed E-state index contributed by atoms with van der Waals surface area (Å²) in [7, 11) is 0. The van der Waals surface area contributed by atoms with Crippen molar-refractivity contribution in [3.63, 3.8) is 0 Å². The van der Waals surface area contributed by atoms with Crippen molar-refractivity contribution in [1.29, 1.82) is 0 Å². The second-order valence-electron chi connectivity index (χ2n) is 2.59. The first-order chi connectivity index (χ1) is 6.85. The number of anilines is 1. The van der Waals surface area contributed by atoms with Crippen molar-refractivity contribution < 1.29 is 23.0 Å². The molecule has 0 aliphatic rings. The van der Waals surface area contributed by atoms with Gasteiger partial charge in [0, 0.05) is 6.54 Å². The van der Waals surface area contributed by atoms with Crippen LogP contribution in [-0.2, 0) is 6.54 Å². The van der Waals surface area contributed by atoms with Crippen LogP contribution in [0, 0.1) is 0 Å². The molecule has 0 amide bonds. The molecule has 0 aromatic carbocycles. The molecule has 0 spiro atoms. The molecule has 1 heterocycles. The highest BCUT2D eigenvalue weighted by atomic mass is 19.4. The molecule has 5 nitrogen and oxygen atoms in total.